The minimum Gasteiger partial charge on any atom is -0.376 e. The molecule has 0 aromatic carbocycles. The Hall–Kier alpha value is -0.230. The second kappa shape index (κ2) is 5.21. The minimum absolute atomic E-state index is 0.363. The van der Waals surface area contributed by atoms with Crippen LogP contribution < -0.4 is 0 Å². The van der Waals surface area contributed by atoms with Gasteiger partial charge in [0.1, 0.15) is 5.01 Å². The molecule has 0 bridgehead atoms. The third-order valence-corrected chi connectivity index (χ3v) is 3.48. The first-order chi connectivity index (χ1) is 7.28. The lowest BCUT2D eigenvalue weighted by atomic mass is 10.2. The lowest BCUT2D eigenvalue weighted by molar-refractivity contribution is -0.0325. The summed E-state index contributed by atoms with van der Waals surface area (Å²) in [7, 11) is 0. The molecule has 1 aliphatic rings. The maximum absolute atomic E-state index is 5.74. The van der Waals surface area contributed by atoms with E-state index in [1.54, 1.807) is 0 Å². The molecule has 0 N–H and O–H groups in total. The number of halogens is 1. The van der Waals surface area contributed by atoms with Crippen molar-refractivity contribution in [3.63, 3.8) is 0 Å². The predicted octanol–water partition coefficient (Wildman–Crippen LogP) is 1.80. The highest BCUT2D eigenvalue weighted by atomic mass is 35.5. The Balaban J connectivity index is 1.88. The van der Waals surface area contributed by atoms with Crippen LogP contribution in [0.2, 0.25) is 4.47 Å². The van der Waals surface area contributed by atoms with Crippen LogP contribution in [0.3, 0.4) is 0 Å². The van der Waals surface area contributed by atoms with Gasteiger partial charge in [0.25, 0.3) is 0 Å². The standard InChI is InChI=1S/C9H14ClN3OS/c1-2-7-5-13(3-4-14-7)6-8-11-12-9(10)15-8/h7H,2-6H2,1H3. The maximum Gasteiger partial charge on any atom is 0.207 e. The van der Waals surface area contributed by atoms with Gasteiger partial charge in [0.15, 0.2) is 0 Å². The van der Waals surface area contributed by atoms with Gasteiger partial charge < -0.3 is 4.74 Å². The van der Waals surface area contributed by atoms with Gasteiger partial charge in [-0.1, -0.05) is 18.3 Å². The van der Waals surface area contributed by atoms with Crippen LogP contribution in [0, 0.1) is 0 Å². The molecule has 0 saturated carbocycles. The largest absolute Gasteiger partial charge is 0.376 e. The van der Waals surface area contributed by atoms with E-state index in [4.69, 9.17) is 16.3 Å². The van der Waals surface area contributed by atoms with Crippen molar-refractivity contribution in [1.29, 1.82) is 0 Å². The molecule has 84 valence electrons. The molecule has 2 rings (SSSR count). The van der Waals surface area contributed by atoms with Gasteiger partial charge in [-0.15, -0.1) is 10.2 Å². The molecular weight excluding hydrogens is 234 g/mol. The molecule has 1 saturated heterocycles. The van der Waals surface area contributed by atoms with Gasteiger partial charge in [0, 0.05) is 13.1 Å². The van der Waals surface area contributed by atoms with Crippen LogP contribution in [-0.4, -0.2) is 40.9 Å². The van der Waals surface area contributed by atoms with Crippen LogP contribution >= 0.6 is 22.9 Å². The first kappa shape index (κ1) is 11.3. The smallest absolute Gasteiger partial charge is 0.207 e. The van der Waals surface area contributed by atoms with Gasteiger partial charge in [-0.3, -0.25) is 4.90 Å². The Morgan fingerprint density at radius 1 is 1.60 bits per heavy atom. The summed E-state index contributed by atoms with van der Waals surface area (Å²) in [5.74, 6) is 0. The third-order valence-electron chi connectivity index (χ3n) is 2.48. The van der Waals surface area contributed by atoms with Crippen molar-refractivity contribution in [3.05, 3.63) is 9.47 Å². The maximum atomic E-state index is 5.74. The zero-order valence-electron chi connectivity index (χ0n) is 8.65. The SMILES string of the molecule is CCC1CN(Cc2nnc(Cl)s2)CCO1. The first-order valence-corrected chi connectivity index (χ1v) is 6.29. The number of aromatic nitrogens is 2. The highest BCUT2D eigenvalue weighted by Gasteiger charge is 2.19. The lowest BCUT2D eigenvalue weighted by Gasteiger charge is -2.31. The Bertz CT molecular complexity index is 320. The monoisotopic (exact) mass is 247 g/mol. The highest BCUT2D eigenvalue weighted by molar-refractivity contribution is 7.15. The van der Waals surface area contributed by atoms with Crippen LogP contribution in [-0.2, 0) is 11.3 Å². The third kappa shape index (κ3) is 3.11. The van der Waals surface area contributed by atoms with Gasteiger partial charge in [-0.05, 0) is 18.0 Å². The second-order valence-corrected chi connectivity index (χ2v) is 5.23. The Kier molecular flexibility index (Phi) is 3.91. The van der Waals surface area contributed by atoms with E-state index < -0.39 is 0 Å². The van der Waals surface area contributed by atoms with Crippen molar-refractivity contribution < 1.29 is 4.74 Å². The Labute approximate surface area is 98.2 Å². The van der Waals surface area contributed by atoms with Crippen molar-refractivity contribution in [1.82, 2.24) is 15.1 Å². The van der Waals surface area contributed by atoms with Gasteiger partial charge in [-0.2, -0.15) is 0 Å². The molecule has 1 fully saturated rings. The van der Waals surface area contributed by atoms with Gasteiger partial charge in [0.05, 0.1) is 19.3 Å². The molecule has 1 aromatic heterocycles. The van der Waals surface area contributed by atoms with Crippen molar-refractivity contribution in [2.24, 2.45) is 0 Å². The van der Waals surface area contributed by atoms with Crippen LogP contribution in [0.25, 0.3) is 0 Å². The average Bonchev–Trinajstić information content (AvgIpc) is 2.64. The molecule has 0 amide bonds. The topological polar surface area (TPSA) is 38.2 Å². The van der Waals surface area contributed by atoms with Crippen LogP contribution in [0.1, 0.15) is 18.4 Å². The summed E-state index contributed by atoms with van der Waals surface area (Å²) in [4.78, 5) is 2.34. The van der Waals surface area contributed by atoms with Crippen LogP contribution in [0.4, 0.5) is 0 Å². The molecule has 0 aliphatic carbocycles. The quantitative estimate of drug-likeness (QED) is 0.817. The normalized spacial score (nSPS) is 23.2. The molecule has 1 aromatic rings. The molecule has 4 nitrogen and oxygen atoms in total. The number of hydrogen-bond donors (Lipinski definition) is 0. The summed E-state index contributed by atoms with van der Waals surface area (Å²) in [6.45, 7) is 5.74. The molecule has 2 heterocycles. The fourth-order valence-electron chi connectivity index (χ4n) is 1.66. The summed E-state index contributed by atoms with van der Waals surface area (Å²) in [6.07, 6.45) is 1.43. The van der Waals surface area contributed by atoms with Crippen molar-refractivity contribution >= 4 is 22.9 Å². The Morgan fingerprint density at radius 2 is 2.47 bits per heavy atom. The van der Waals surface area contributed by atoms with E-state index in [1.807, 2.05) is 0 Å². The zero-order chi connectivity index (χ0) is 10.7. The molecule has 1 unspecified atom stereocenters. The molecule has 0 radical (unpaired) electrons. The van der Waals surface area contributed by atoms with Gasteiger partial charge in [0.2, 0.25) is 4.47 Å². The molecule has 1 aliphatic heterocycles. The highest BCUT2D eigenvalue weighted by Crippen LogP contribution is 2.18. The van der Waals surface area contributed by atoms with E-state index in [2.05, 4.69) is 22.0 Å². The first-order valence-electron chi connectivity index (χ1n) is 5.09. The summed E-state index contributed by atoms with van der Waals surface area (Å²) >= 11 is 7.19. The molecule has 15 heavy (non-hydrogen) atoms. The van der Waals surface area contributed by atoms with E-state index in [-0.39, 0.29) is 0 Å². The molecular formula is C9H14ClN3OS. The lowest BCUT2D eigenvalue weighted by Crippen LogP contribution is -2.41. The van der Waals surface area contributed by atoms with Gasteiger partial charge in [-0.25, -0.2) is 0 Å². The number of rotatable bonds is 3. The van der Waals surface area contributed by atoms with Crippen molar-refractivity contribution in [3.8, 4) is 0 Å². The van der Waals surface area contributed by atoms with Crippen LogP contribution in [0.5, 0.6) is 0 Å². The van der Waals surface area contributed by atoms with E-state index >= 15 is 0 Å². The average molecular weight is 248 g/mol. The Morgan fingerprint density at radius 3 is 3.13 bits per heavy atom. The fourth-order valence-corrected chi connectivity index (χ4v) is 2.57. The van der Waals surface area contributed by atoms with E-state index in [0.29, 0.717) is 10.6 Å². The molecule has 6 heteroatoms. The number of nitrogens with zero attached hydrogens (tertiary/aromatic N) is 3. The predicted molar refractivity (Wildman–Crippen MR) is 60.2 cm³/mol. The summed E-state index contributed by atoms with van der Waals surface area (Å²) in [5, 5.41) is 8.80. The second-order valence-electron chi connectivity index (χ2n) is 3.58. The summed E-state index contributed by atoms with van der Waals surface area (Å²) in [6, 6.07) is 0. The fraction of sp³-hybridized carbons (Fsp3) is 0.778. The number of ether oxygens (including phenoxy) is 1. The van der Waals surface area contributed by atoms with E-state index in [1.165, 1.54) is 11.3 Å². The minimum atomic E-state index is 0.363. The van der Waals surface area contributed by atoms with Crippen molar-refractivity contribution in [2.75, 3.05) is 19.7 Å². The molecule has 1 atom stereocenters. The van der Waals surface area contributed by atoms with Crippen molar-refractivity contribution in [2.45, 2.75) is 26.0 Å². The summed E-state index contributed by atoms with van der Waals surface area (Å²) in [5.41, 5.74) is 0. The van der Waals surface area contributed by atoms with Crippen LogP contribution in [0.15, 0.2) is 0 Å². The number of morpholine rings is 1. The zero-order valence-corrected chi connectivity index (χ0v) is 10.2. The van der Waals surface area contributed by atoms with E-state index in [9.17, 15) is 0 Å². The summed E-state index contributed by atoms with van der Waals surface area (Å²) < 4.78 is 6.12. The molecule has 0 spiro atoms. The van der Waals surface area contributed by atoms with E-state index in [0.717, 1.165) is 37.7 Å². The van der Waals surface area contributed by atoms with Gasteiger partial charge >= 0.3 is 0 Å². The number of hydrogen-bond acceptors (Lipinski definition) is 5.